The number of benzene rings is 2. The Balaban J connectivity index is 0.000000644. The maximum atomic E-state index is 12.7. The number of nitrogens with zero attached hydrogens (tertiary/aromatic N) is 2. The predicted octanol–water partition coefficient (Wildman–Crippen LogP) is 5.75. The van der Waals surface area contributed by atoms with Crippen molar-refractivity contribution in [1.29, 1.82) is 0 Å². The third-order valence-corrected chi connectivity index (χ3v) is 5.02. The molecule has 0 unspecified atom stereocenters. The normalized spacial score (nSPS) is 9.89. The summed E-state index contributed by atoms with van der Waals surface area (Å²) < 4.78 is 49.8. The number of nitrogens with one attached hydrogen (secondary N) is 1. The quantitative estimate of drug-likeness (QED) is 0.427. The van der Waals surface area contributed by atoms with E-state index in [2.05, 4.69) is 31.0 Å². The Morgan fingerprint density at radius 3 is 2.23 bits per heavy atom. The molecule has 0 radical (unpaired) electrons. The van der Waals surface area contributed by atoms with Crippen LogP contribution in [0.1, 0.15) is 21.6 Å². The highest BCUT2D eigenvalue weighted by molar-refractivity contribution is 9.10. The van der Waals surface area contributed by atoms with Gasteiger partial charge in [0, 0.05) is 42.6 Å². The van der Waals surface area contributed by atoms with Crippen LogP contribution in [0, 0.1) is 6.92 Å². The van der Waals surface area contributed by atoms with Crippen molar-refractivity contribution < 1.29 is 32.2 Å². The monoisotopic (exact) mass is 579 g/mol. The van der Waals surface area contributed by atoms with Gasteiger partial charge < -0.3 is 24.2 Å². The molecule has 2 aromatic carbocycles. The van der Waals surface area contributed by atoms with Gasteiger partial charge in [-0.1, -0.05) is 27.5 Å². The summed E-state index contributed by atoms with van der Waals surface area (Å²) in [7, 11) is 6.35. The summed E-state index contributed by atoms with van der Waals surface area (Å²) in [5, 5.41) is 2.32. The van der Waals surface area contributed by atoms with Gasteiger partial charge in [0.25, 0.3) is 5.91 Å². The van der Waals surface area contributed by atoms with E-state index in [1.165, 1.54) is 35.8 Å². The molecule has 1 heterocycles. The number of aryl methyl sites for hydroxylation is 1. The zero-order chi connectivity index (χ0) is 27.2. The fraction of sp³-hybridized carbons (Fsp3) is 0.261. The SMILES string of the molecule is C=O.CNC(=O)c1cn(-c2cc(Cl)cc(C(F)(F)F)c2)cn1.COC.COc1ccc(Br)c(C)c1. The van der Waals surface area contributed by atoms with Gasteiger partial charge in [0.05, 0.1) is 12.7 Å². The molecule has 0 aliphatic heterocycles. The third kappa shape index (κ3) is 10.9. The molecule has 0 aliphatic carbocycles. The average Bonchev–Trinajstić information content (AvgIpc) is 3.32. The highest BCUT2D eigenvalue weighted by Gasteiger charge is 2.31. The molecule has 0 bridgehead atoms. The molecular formula is C23H26BrClF3N3O4. The number of imidazole rings is 1. The lowest BCUT2D eigenvalue weighted by Gasteiger charge is -2.10. The van der Waals surface area contributed by atoms with Crippen LogP contribution in [0.15, 0.2) is 53.4 Å². The van der Waals surface area contributed by atoms with Crippen LogP contribution >= 0.6 is 27.5 Å². The van der Waals surface area contributed by atoms with Crippen molar-refractivity contribution in [3.63, 3.8) is 0 Å². The lowest BCUT2D eigenvalue weighted by atomic mass is 10.2. The van der Waals surface area contributed by atoms with Gasteiger partial charge in [-0.3, -0.25) is 4.79 Å². The topological polar surface area (TPSA) is 82.5 Å². The molecule has 0 spiro atoms. The summed E-state index contributed by atoms with van der Waals surface area (Å²) in [4.78, 5) is 23.2. The molecule has 1 N–H and O–H groups in total. The molecule has 12 heteroatoms. The van der Waals surface area contributed by atoms with Gasteiger partial charge in [-0.25, -0.2) is 4.98 Å². The summed E-state index contributed by atoms with van der Waals surface area (Å²) >= 11 is 9.09. The van der Waals surface area contributed by atoms with E-state index in [0.29, 0.717) is 0 Å². The highest BCUT2D eigenvalue weighted by atomic mass is 79.9. The number of carbonyl (C=O) groups excluding carboxylic acids is 2. The number of hydrogen-bond donors (Lipinski definition) is 1. The van der Waals surface area contributed by atoms with E-state index in [-0.39, 0.29) is 16.4 Å². The summed E-state index contributed by atoms with van der Waals surface area (Å²) in [6, 6.07) is 9.02. The molecule has 3 aromatic rings. The first-order valence-corrected chi connectivity index (χ1v) is 10.8. The first kappa shape index (κ1) is 32.1. The van der Waals surface area contributed by atoms with Crippen molar-refractivity contribution in [2.45, 2.75) is 13.1 Å². The minimum absolute atomic E-state index is 0.0509. The number of halogens is 5. The minimum atomic E-state index is -4.50. The smallest absolute Gasteiger partial charge is 0.416 e. The van der Waals surface area contributed by atoms with Gasteiger partial charge in [0.1, 0.15) is 24.6 Å². The van der Waals surface area contributed by atoms with Crippen molar-refractivity contribution in [3.8, 4) is 11.4 Å². The lowest BCUT2D eigenvalue weighted by Crippen LogP contribution is -2.17. The van der Waals surface area contributed by atoms with Crippen molar-refractivity contribution in [3.05, 3.63) is 75.2 Å². The number of hydrogen-bond acceptors (Lipinski definition) is 5. The van der Waals surface area contributed by atoms with Gasteiger partial charge in [0.2, 0.25) is 0 Å². The summed E-state index contributed by atoms with van der Waals surface area (Å²) in [6.07, 6.45) is -1.93. The van der Waals surface area contributed by atoms with Gasteiger partial charge in [-0.05, 0) is 48.9 Å². The molecule has 192 valence electrons. The van der Waals surface area contributed by atoms with Gasteiger partial charge >= 0.3 is 6.18 Å². The van der Waals surface area contributed by atoms with Crippen LogP contribution in [0.3, 0.4) is 0 Å². The van der Waals surface area contributed by atoms with E-state index in [1.807, 2.05) is 31.9 Å². The summed E-state index contributed by atoms with van der Waals surface area (Å²) in [5.41, 5.74) is 0.600. The minimum Gasteiger partial charge on any atom is -0.497 e. The zero-order valence-electron chi connectivity index (χ0n) is 19.7. The summed E-state index contributed by atoms with van der Waals surface area (Å²) in [6.45, 7) is 4.03. The molecule has 0 fully saturated rings. The van der Waals surface area contributed by atoms with E-state index in [9.17, 15) is 18.0 Å². The van der Waals surface area contributed by atoms with E-state index in [0.717, 1.165) is 22.4 Å². The highest BCUT2D eigenvalue weighted by Crippen LogP contribution is 2.32. The van der Waals surface area contributed by atoms with Crippen molar-refractivity contribution in [2.24, 2.45) is 0 Å². The lowest BCUT2D eigenvalue weighted by molar-refractivity contribution is -0.137. The van der Waals surface area contributed by atoms with Crippen molar-refractivity contribution >= 4 is 40.2 Å². The van der Waals surface area contributed by atoms with E-state index in [4.69, 9.17) is 21.1 Å². The maximum Gasteiger partial charge on any atom is 0.416 e. The fourth-order valence-corrected chi connectivity index (χ4v) is 2.82. The second kappa shape index (κ2) is 15.9. The Hall–Kier alpha value is -2.89. The number of amides is 1. The fourth-order valence-electron chi connectivity index (χ4n) is 2.34. The standard InChI is InChI=1S/C12H9ClF3N3O.C8H9BrO.C2H6O.CH2O/c1-17-11(20)10-5-19(6-18-10)9-3-7(12(14,15)16)2-8(13)4-9;1-6-5-7(10-2)3-4-8(6)9;1-3-2;1-2/h2-6H,1H3,(H,17,20);3-5H,1-2H3;1-2H3;1H2. The van der Waals surface area contributed by atoms with Gasteiger partial charge in [-0.2, -0.15) is 13.2 Å². The van der Waals surface area contributed by atoms with Crippen LogP contribution in [-0.2, 0) is 15.7 Å². The molecule has 0 atom stereocenters. The molecule has 35 heavy (non-hydrogen) atoms. The van der Waals surface area contributed by atoms with E-state index in [1.54, 1.807) is 21.3 Å². The number of aromatic nitrogens is 2. The van der Waals surface area contributed by atoms with Crippen LogP contribution in [0.25, 0.3) is 5.69 Å². The second-order valence-corrected chi connectivity index (χ2v) is 7.76. The Morgan fingerprint density at radius 2 is 1.74 bits per heavy atom. The van der Waals surface area contributed by atoms with Crippen LogP contribution in [-0.4, -0.2) is 50.6 Å². The molecule has 3 rings (SSSR count). The molecule has 7 nitrogen and oxygen atoms in total. The molecule has 1 aromatic heterocycles. The van der Waals surface area contributed by atoms with E-state index >= 15 is 0 Å². The average molecular weight is 581 g/mol. The predicted molar refractivity (Wildman–Crippen MR) is 132 cm³/mol. The Kier molecular flexibility index (Phi) is 14.6. The van der Waals surface area contributed by atoms with Gasteiger partial charge in [0.15, 0.2) is 0 Å². The number of rotatable bonds is 3. The Morgan fingerprint density at radius 1 is 1.14 bits per heavy atom. The van der Waals surface area contributed by atoms with Crippen LogP contribution < -0.4 is 10.1 Å². The van der Waals surface area contributed by atoms with Crippen LogP contribution in [0.5, 0.6) is 5.75 Å². The number of alkyl halides is 3. The first-order chi connectivity index (χ1) is 16.5. The van der Waals surface area contributed by atoms with Crippen molar-refractivity contribution in [1.82, 2.24) is 14.9 Å². The maximum absolute atomic E-state index is 12.7. The second-order valence-electron chi connectivity index (χ2n) is 6.46. The first-order valence-electron chi connectivity index (χ1n) is 9.60. The zero-order valence-corrected chi connectivity index (χ0v) is 22.1. The van der Waals surface area contributed by atoms with Crippen molar-refractivity contribution in [2.75, 3.05) is 28.4 Å². The third-order valence-electron chi connectivity index (χ3n) is 3.92. The molecule has 1 amide bonds. The van der Waals surface area contributed by atoms with Gasteiger partial charge in [-0.15, -0.1) is 0 Å². The molecular weight excluding hydrogens is 555 g/mol. The van der Waals surface area contributed by atoms with E-state index < -0.39 is 17.6 Å². The Labute approximate surface area is 215 Å². The molecule has 0 saturated carbocycles. The summed E-state index contributed by atoms with van der Waals surface area (Å²) in [5.74, 6) is 0.475. The number of methoxy groups -OCH3 is 2. The molecule has 0 saturated heterocycles. The number of ether oxygens (including phenoxy) is 2. The largest absolute Gasteiger partial charge is 0.497 e. The number of carbonyl (C=O) groups is 2. The van der Waals surface area contributed by atoms with Crippen LogP contribution in [0.2, 0.25) is 5.02 Å². The van der Waals surface area contributed by atoms with Crippen LogP contribution in [0.4, 0.5) is 13.2 Å². The Bertz CT molecular complexity index is 1080. The molecule has 0 aliphatic rings.